The van der Waals surface area contributed by atoms with Crippen molar-refractivity contribution in [2.45, 2.75) is 13.8 Å². The van der Waals surface area contributed by atoms with Crippen molar-refractivity contribution in [3.63, 3.8) is 0 Å². The van der Waals surface area contributed by atoms with Crippen LogP contribution in [0.3, 0.4) is 0 Å². The number of nitrogen functional groups attached to an aromatic ring is 1. The Labute approximate surface area is 163 Å². The summed E-state index contributed by atoms with van der Waals surface area (Å²) in [6.07, 6.45) is 1.36. The number of carbonyl (C=O) groups is 1. The molecule has 8 heteroatoms. The van der Waals surface area contributed by atoms with Crippen molar-refractivity contribution in [1.82, 2.24) is 15.4 Å². The Bertz CT molecular complexity index is 962. The summed E-state index contributed by atoms with van der Waals surface area (Å²) in [6.45, 7) is 3.93. The molecular weight excluding hydrogens is 356 g/mol. The summed E-state index contributed by atoms with van der Waals surface area (Å²) in [4.78, 5) is 20.2. The zero-order chi connectivity index (χ0) is 19.9. The highest BCUT2D eigenvalue weighted by atomic mass is 16.5. The number of ether oxygens (including phenoxy) is 1. The van der Waals surface area contributed by atoms with Crippen molar-refractivity contribution in [2.75, 3.05) is 23.1 Å². The summed E-state index contributed by atoms with van der Waals surface area (Å²) in [7, 11) is 0. The zero-order valence-electron chi connectivity index (χ0n) is 15.7. The molecule has 3 rings (SSSR count). The lowest BCUT2D eigenvalue weighted by molar-refractivity contribution is -0.122. The summed E-state index contributed by atoms with van der Waals surface area (Å²) in [5.74, 6) is 0.967. The van der Waals surface area contributed by atoms with Crippen molar-refractivity contribution in [1.29, 1.82) is 0 Å². The number of amides is 1. The van der Waals surface area contributed by atoms with Crippen LogP contribution in [0.4, 0.5) is 23.0 Å². The van der Waals surface area contributed by atoms with Gasteiger partial charge in [-0.1, -0.05) is 24.3 Å². The third-order valence-corrected chi connectivity index (χ3v) is 4.09. The highest BCUT2D eigenvalue weighted by Crippen LogP contribution is 2.26. The summed E-state index contributed by atoms with van der Waals surface area (Å²) < 4.78 is 5.38. The maximum atomic E-state index is 11.9. The molecule has 8 nitrogen and oxygen atoms in total. The molecule has 2 aromatic carbocycles. The van der Waals surface area contributed by atoms with Gasteiger partial charge in [0.1, 0.15) is 17.8 Å². The molecule has 0 bridgehead atoms. The van der Waals surface area contributed by atoms with Gasteiger partial charge in [0, 0.05) is 5.69 Å². The van der Waals surface area contributed by atoms with E-state index < -0.39 is 0 Å². The molecule has 1 amide bonds. The van der Waals surface area contributed by atoms with Gasteiger partial charge in [0.05, 0.1) is 0 Å². The minimum absolute atomic E-state index is 0.143. The molecule has 0 aliphatic heterocycles. The number of hydrogen-bond donors (Lipinski definition) is 4. The number of nitrogens with zero attached hydrogens (tertiary/aromatic N) is 2. The SMILES string of the molecule is Cc1ccc(Nc2ncnc(NNC(=O)COc3ccccc3)c2N)cc1C. The minimum atomic E-state index is -0.370. The van der Waals surface area contributed by atoms with Crippen LogP contribution in [0.25, 0.3) is 0 Å². The molecule has 0 unspecified atom stereocenters. The average molecular weight is 378 g/mol. The van der Waals surface area contributed by atoms with Gasteiger partial charge in [-0.05, 0) is 49.2 Å². The minimum Gasteiger partial charge on any atom is -0.484 e. The summed E-state index contributed by atoms with van der Waals surface area (Å²) in [6, 6.07) is 15.0. The second-order valence-corrected chi connectivity index (χ2v) is 6.18. The van der Waals surface area contributed by atoms with E-state index in [0.29, 0.717) is 11.6 Å². The first-order valence-electron chi connectivity index (χ1n) is 8.70. The monoisotopic (exact) mass is 378 g/mol. The van der Waals surface area contributed by atoms with Crippen LogP contribution in [0.15, 0.2) is 54.9 Å². The lowest BCUT2D eigenvalue weighted by Crippen LogP contribution is -2.34. The van der Waals surface area contributed by atoms with Crippen LogP contribution < -0.4 is 26.6 Å². The van der Waals surface area contributed by atoms with Crippen molar-refractivity contribution < 1.29 is 9.53 Å². The van der Waals surface area contributed by atoms with Gasteiger partial charge in [-0.25, -0.2) is 9.97 Å². The molecule has 0 saturated heterocycles. The van der Waals surface area contributed by atoms with Gasteiger partial charge in [0.2, 0.25) is 0 Å². The molecule has 0 saturated carbocycles. The topological polar surface area (TPSA) is 114 Å². The Morgan fingerprint density at radius 1 is 1.04 bits per heavy atom. The number of rotatable bonds is 7. The number of para-hydroxylation sites is 1. The van der Waals surface area contributed by atoms with Crippen LogP contribution in [0.2, 0.25) is 0 Å². The second-order valence-electron chi connectivity index (χ2n) is 6.18. The van der Waals surface area contributed by atoms with E-state index in [1.54, 1.807) is 12.1 Å². The highest BCUT2D eigenvalue weighted by Gasteiger charge is 2.10. The van der Waals surface area contributed by atoms with E-state index in [1.165, 1.54) is 11.9 Å². The quantitative estimate of drug-likeness (QED) is 0.467. The smallest absolute Gasteiger partial charge is 0.276 e. The lowest BCUT2D eigenvalue weighted by Gasteiger charge is -2.14. The molecule has 5 N–H and O–H groups in total. The summed E-state index contributed by atoms with van der Waals surface area (Å²) in [5.41, 5.74) is 14.8. The lowest BCUT2D eigenvalue weighted by atomic mass is 10.1. The Morgan fingerprint density at radius 2 is 1.79 bits per heavy atom. The number of aromatic nitrogens is 2. The summed E-state index contributed by atoms with van der Waals surface area (Å²) in [5, 5.41) is 3.16. The van der Waals surface area contributed by atoms with Gasteiger partial charge in [0.25, 0.3) is 5.91 Å². The van der Waals surface area contributed by atoms with Crippen LogP contribution >= 0.6 is 0 Å². The van der Waals surface area contributed by atoms with Crippen molar-refractivity contribution in [3.8, 4) is 5.75 Å². The van der Waals surface area contributed by atoms with Gasteiger partial charge in [-0.3, -0.25) is 15.6 Å². The maximum absolute atomic E-state index is 11.9. The van der Waals surface area contributed by atoms with Gasteiger partial charge in [-0.2, -0.15) is 0 Å². The third kappa shape index (κ3) is 4.88. The highest BCUT2D eigenvalue weighted by molar-refractivity contribution is 5.82. The second kappa shape index (κ2) is 8.72. The fourth-order valence-electron chi connectivity index (χ4n) is 2.38. The molecule has 144 valence electrons. The van der Waals surface area contributed by atoms with Crippen LogP contribution in [-0.4, -0.2) is 22.5 Å². The molecule has 3 aromatic rings. The predicted molar refractivity (Wildman–Crippen MR) is 109 cm³/mol. The first-order valence-corrected chi connectivity index (χ1v) is 8.70. The van der Waals surface area contributed by atoms with Crippen LogP contribution in [0.1, 0.15) is 11.1 Å². The van der Waals surface area contributed by atoms with E-state index in [4.69, 9.17) is 10.5 Å². The molecule has 1 aromatic heterocycles. The predicted octanol–water partition coefficient (Wildman–Crippen LogP) is 2.94. The third-order valence-electron chi connectivity index (χ3n) is 4.09. The molecule has 0 aliphatic carbocycles. The Morgan fingerprint density at radius 3 is 2.54 bits per heavy atom. The maximum Gasteiger partial charge on any atom is 0.276 e. The van der Waals surface area contributed by atoms with E-state index in [-0.39, 0.29) is 24.0 Å². The molecule has 0 aliphatic rings. The van der Waals surface area contributed by atoms with E-state index in [1.807, 2.05) is 50.2 Å². The normalized spacial score (nSPS) is 10.2. The number of nitrogens with one attached hydrogen (secondary N) is 3. The standard InChI is InChI=1S/C20H22N6O2/c1-13-8-9-15(10-14(13)2)24-19-18(21)20(23-12-22-19)26-25-17(27)11-28-16-6-4-3-5-7-16/h3-10,12H,11,21H2,1-2H3,(H,25,27)(H2,22,23,24,26). The Hall–Kier alpha value is -3.81. The molecule has 0 fully saturated rings. The Balaban J connectivity index is 1.59. The Kier molecular flexibility index (Phi) is 5.91. The van der Waals surface area contributed by atoms with Crippen molar-refractivity contribution >= 4 is 28.9 Å². The first-order chi connectivity index (χ1) is 13.5. The molecule has 0 spiro atoms. The number of carbonyl (C=O) groups excluding carboxylic acids is 1. The van der Waals surface area contributed by atoms with Crippen molar-refractivity contribution in [2.24, 2.45) is 0 Å². The number of aryl methyl sites for hydroxylation is 2. The van der Waals surface area contributed by atoms with E-state index >= 15 is 0 Å². The van der Waals surface area contributed by atoms with Gasteiger partial charge in [0.15, 0.2) is 18.2 Å². The number of hydrazine groups is 1. The molecule has 0 radical (unpaired) electrons. The molecule has 28 heavy (non-hydrogen) atoms. The van der Waals surface area contributed by atoms with Gasteiger partial charge >= 0.3 is 0 Å². The fourth-order valence-corrected chi connectivity index (χ4v) is 2.38. The van der Waals surface area contributed by atoms with E-state index in [0.717, 1.165) is 11.3 Å². The van der Waals surface area contributed by atoms with Crippen LogP contribution in [0, 0.1) is 13.8 Å². The van der Waals surface area contributed by atoms with Gasteiger partial charge < -0.3 is 15.8 Å². The molecule has 0 atom stereocenters. The number of nitrogens with two attached hydrogens (primary N) is 1. The largest absolute Gasteiger partial charge is 0.484 e. The molecular formula is C20H22N6O2. The number of hydrogen-bond acceptors (Lipinski definition) is 7. The van der Waals surface area contributed by atoms with E-state index in [2.05, 4.69) is 26.1 Å². The number of anilines is 4. The number of benzene rings is 2. The fraction of sp³-hybridized carbons (Fsp3) is 0.150. The zero-order valence-corrected chi connectivity index (χ0v) is 15.7. The average Bonchev–Trinajstić information content (AvgIpc) is 2.70. The molecule has 1 heterocycles. The van der Waals surface area contributed by atoms with Gasteiger partial charge in [-0.15, -0.1) is 0 Å². The van der Waals surface area contributed by atoms with Crippen molar-refractivity contribution in [3.05, 3.63) is 66.0 Å². The summed E-state index contributed by atoms with van der Waals surface area (Å²) >= 11 is 0. The van der Waals surface area contributed by atoms with Crippen LogP contribution in [-0.2, 0) is 4.79 Å². The van der Waals surface area contributed by atoms with E-state index in [9.17, 15) is 4.79 Å². The first kappa shape index (κ1) is 19.0. The van der Waals surface area contributed by atoms with Crippen LogP contribution in [0.5, 0.6) is 5.75 Å².